The molecule has 0 aliphatic carbocycles. The molecule has 6 nitrogen and oxygen atoms in total. The van der Waals surface area contributed by atoms with Crippen LogP contribution in [0.25, 0.3) is 0 Å². The molecule has 25 heavy (non-hydrogen) atoms. The Bertz CT molecular complexity index is 452. The van der Waals surface area contributed by atoms with E-state index in [0.717, 1.165) is 0 Å². The molecule has 1 heterocycles. The van der Waals surface area contributed by atoms with Gasteiger partial charge in [-0.15, -0.1) is 0 Å². The van der Waals surface area contributed by atoms with Crippen molar-refractivity contribution in [2.45, 2.75) is 39.4 Å². The Morgan fingerprint density at radius 2 is 1.92 bits per heavy atom. The number of likely N-dealkylation sites (tertiary alicyclic amines) is 1. The predicted octanol–water partition coefficient (Wildman–Crippen LogP) is 1.39. The minimum absolute atomic E-state index is 0.00298. The Kier molecular flexibility index (Phi) is 8.47. The number of rotatable bonds is 7. The zero-order valence-corrected chi connectivity index (χ0v) is 15.6. The maximum Gasteiger partial charge on any atom is 0.401 e. The van der Waals surface area contributed by atoms with E-state index in [0.29, 0.717) is 45.1 Å². The van der Waals surface area contributed by atoms with Gasteiger partial charge in [0.15, 0.2) is 5.96 Å². The van der Waals surface area contributed by atoms with Gasteiger partial charge < -0.3 is 15.1 Å². The highest BCUT2D eigenvalue weighted by Gasteiger charge is 2.34. The van der Waals surface area contributed by atoms with Crippen LogP contribution in [0.4, 0.5) is 13.2 Å². The summed E-state index contributed by atoms with van der Waals surface area (Å²) in [5, 5.41) is 3.21. The molecule has 1 atom stereocenters. The Hall–Kier alpha value is -1.51. The molecule has 146 valence electrons. The number of nitrogens with zero attached hydrogens (tertiary/aromatic N) is 4. The Labute approximate surface area is 148 Å². The van der Waals surface area contributed by atoms with Crippen molar-refractivity contribution in [2.75, 3.05) is 52.9 Å². The van der Waals surface area contributed by atoms with E-state index in [1.807, 2.05) is 20.8 Å². The summed E-state index contributed by atoms with van der Waals surface area (Å²) in [6.45, 7) is 7.57. The van der Waals surface area contributed by atoms with Crippen molar-refractivity contribution in [1.29, 1.82) is 0 Å². The van der Waals surface area contributed by atoms with E-state index in [1.54, 1.807) is 16.8 Å². The van der Waals surface area contributed by atoms with Gasteiger partial charge in [-0.25, -0.2) is 0 Å². The first-order valence-electron chi connectivity index (χ1n) is 8.79. The van der Waals surface area contributed by atoms with E-state index in [4.69, 9.17) is 0 Å². The summed E-state index contributed by atoms with van der Waals surface area (Å²) in [6, 6.07) is -0.0985. The maximum atomic E-state index is 12.5. The highest BCUT2D eigenvalue weighted by atomic mass is 19.4. The fraction of sp³-hybridized carbons (Fsp3) is 0.875. The van der Waals surface area contributed by atoms with Crippen LogP contribution in [0.3, 0.4) is 0 Å². The van der Waals surface area contributed by atoms with Crippen molar-refractivity contribution in [3.8, 4) is 0 Å². The summed E-state index contributed by atoms with van der Waals surface area (Å²) < 4.78 is 37.5. The molecule has 9 heteroatoms. The number of carbonyl (C=O) groups is 1. The lowest BCUT2D eigenvalue weighted by Gasteiger charge is -2.27. The Morgan fingerprint density at radius 1 is 1.28 bits per heavy atom. The van der Waals surface area contributed by atoms with Crippen molar-refractivity contribution in [3.05, 3.63) is 0 Å². The van der Waals surface area contributed by atoms with E-state index >= 15 is 0 Å². The number of hydrogen-bond donors (Lipinski definition) is 1. The van der Waals surface area contributed by atoms with Crippen LogP contribution in [0.5, 0.6) is 0 Å². The molecule has 0 aromatic rings. The Balaban J connectivity index is 2.60. The van der Waals surface area contributed by atoms with Gasteiger partial charge in [-0.1, -0.05) is 0 Å². The lowest BCUT2D eigenvalue weighted by molar-refractivity contribution is -0.143. The molecule has 1 N–H and O–H groups in total. The smallest absolute Gasteiger partial charge is 0.352 e. The predicted molar refractivity (Wildman–Crippen MR) is 92.6 cm³/mol. The number of amides is 1. The van der Waals surface area contributed by atoms with Gasteiger partial charge in [0.25, 0.3) is 0 Å². The fourth-order valence-electron chi connectivity index (χ4n) is 2.91. The topological polar surface area (TPSA) is 51.2 Å². The summed E-state index contributed by atoms with van der Waals surface area (Å²) in [7, 11) is 1.77. The second-order valence-corrected chi connectivity index (χ2v) is 6.20. The SMILES string of the molecule is CCN=C(NC1CCN(CC(F)(F)F)C1)N(C)CC(=O)N(CC)CC. The minimum atomic E-state index is -4.18. The number of hydrogen-bond acceptors (Lipinski definition) is 3. The molecule has 1 fully saturated rings. The number of carbonyl (C=O) groups excluding carboxylic acids is 1. The average molecular weight is 365 g/mol. The van der Waals surface area contributed by atoms with Gasteiger partial charge in [0.1, 0.15) is 0 Å². The van der Waals surface area contributed by atoms with Crippen molar-refractivity contribution >= 4 is 11.9 Å². The van der Waals surface area contributed by atoms with Gasteiger partial charge in [0, 0.05) is 45.8 Å². The molecule has 1 saturated heterocycles. The highest BCUT2D eigenvalue weighted by molar-refractivity contribution is 5.86. The molecule has 0 aromatic carbocycles. The molecule has 1 aliphatic rings. The number of halogens is 3. The average Bonchev–Trinajstić information content (AvgIpc) is 2.93. The largest absolute Gasteiger partial charge is 0.401 e. The van der Waals surface area contributed by atoms with Crippen LogP contribution < -0.4 is 5.32 Å². The molecular formula is C16H30F3N5O. The monoisotopic (exact) mass is 365 g/mol. The van der Waals surface area contributed by atoms with E-state index in [2.05, 4.69) is 10.3 Å². The zero-order chi connectivity index (χ0) is 19.0. The lowest BCUT2D eigenvalue weighted by Crippen LogP contribution is -2.49. The van der Waals surface area contributed by atoms with Crippen LogP contribution in [-0.2, 0) is 4.79 Å². The minimum Gasteiger partial charge on any atom is -0.352 e. The summed E-state index contributed by atoms with van der Waals surface area (Å²) >= 11 is 0. The third kappa shape index (κ3) is 7.50. The summed E-state index contributed by atoms with van der Waals surface area (Å²) in [4.78, 5) is 21.5. The second kappa shape index (κ2) is 9.84. The zero-order valence-electron chi connectivity index (χ0n) is 15.6. The maximum absolute atomic E-state index is 12.5. The Morgan fingerprint density at radius 3 is 2.44 bits per heavy atom. The van der Waals surface area contributed by atoms with Gasteiger partial charge >= 0.3 is 6.18 Å². The summed E-state index contributed by atoms with van der Waals surface area (Å²) in [6.07, 6.45) is -3.56. The first-order valence-corrected chi connectivity index (χ1v) is 8.79. The molecule has 1 unspecified atom stereocenters. The van der Waals surface area contributed by atoms with Crippen LogP contribution in [0.1, 0.15) is 27.2 Å². The highest BCUT2D eigenvalue weighted by Crippen LogP contribution is 2.20. The molecular weight excluding hydrogens is 335 g/mol. The van der Waals surface area contributed by atoms with E-state index in [-0.39, 0.29) is 18.5 Å². The van der Waals surface area contributed by atoms with Gasteiger partial charge in [0.2, 0.25) is 5.91 Å². The molecule has 0 saturated carbocycles. The van der Waals surface area contributed by atoms with Crippen molar-refractivity contribution in [2.24, 2.45) is 4.99 Å². The molecule has 1 amide bonds. The number of aliphatic imine (C=N–C) groups is 1. The van der Waals surface area contributed by atoms with Gasteiger partial charge in [-0.05, 0) is 27.2 Å². The number of nitrogens with one attached hydrogen (secondary N) is 1. The van der Waals surface area contributed by atoms with Crippen molar-refractivity contribution in [3.63, 3.8) is 0 Å². The van der Waals surface area contributed by atoms with Crippen LogP contribution in [0.2, 0.25) is 0 Å². The van der Waals surface area contributed by atoms with Gasteiger partial charge in [-0.3, -0.25) is 14.7 Å². The van der Waals surface area contributed by atoms with Crippen LogP contribution in [0, 0.1) is 0 Å². The first kappa shape index (κ1) is 21.5. The second-order valence-electron chi connectivity index (χ2n) is 6.20. The standard InChI is InChI=1S/C16H30F3N5O/c1-5-20-15(22(4)11-14(25)24(6-2)7-3)21-13-8-9-23(10-13)12-16(17,18)19/h13H,5-12H2,1-4H3,(H,20,21). The quantitative estimate of drug-likeness (QED) is 0.547. The molecule has 0 aromatic heterocycles. The first-order chi connectivity index (χ1) is 11.7. The molecule has 0 bridgehead atoms. The van der Waals surface area contributed by atoms with Crippen LogP contribution >= 0.6 is 0 Å². The summed E-state index contributed by atoms with van der Waals surface area (Å²) in [5.74, 6) is 0.560. The van der Waals surface area contributed by atoms with E-state index in [1.165, 1.54) is 4.90 Å². The molecule has 1 rings (SSSR count). The van der Waals surface area contributed by atoms with E-state index in [9.17, 15) is 18.0 Å². The van der Waals surface area contributed by atoms with E-state index < -0.39 is 12.7 Å². The third-order valence-corrected chi connectivity index (χ3v) is 4.17. The third-order valence-electron chi connectivity index (χ3n) is 4.17. The van der Waals surface area contributed by atoms with Crippen molar-refractivity contribution in [1.82, 2.24) is 20.0 Å². The fourth-order valence-corrected chi connectivity index (χ4v) is 2.91. The molecule has 0 radical (unpaired) electrons. The van der Waals surface area contributed by atoms with Crippen LogP contribution in [-0.4, -0.2) is 91.6 Å². The molecule has 1 aliphatic heterocycles. The lowest BCUT2D eigenvalue weighted by atomic mass is 10.3. The van der Waals surface area contributed by atoms with Crippen LogP contribution in [0.15, 0.2) is 4.99 Å². The van der Waals surface area contributed by atoms with Gasteiger partial charge in [-0.2, -0.15) is 13.2 Å². The number of likely N-dealkylation sites (N-methyl/N-ethyl adjacent to an activating group) is 2. The van der Waals surface area contributed by atoms with Crippen molar-refractivity contribution < 1.29 is 18.0 Å². The van der Waals surface area contributed by atoms with Gasteiger partial charge in [0.05, 0.1) is 13.1 Å². The summed E-state index contributed by atoms with van der Waals surface area (Å²) in [5.41, 5.74) is 0. The normalized spacial score (nSPS) is 19.2. The number of guanidine groups is 1. The molecule has 0 spiro atoms. The number of alkyl halides is 3.